The van der Waals surface area contributed by atoms with Gasteiger partial charge in [-0.15, -0.1) is 11.3 Å². The van der Waals surface area contributed by atoms with Gasteiger partial charge < -0.3 is 4.74 Å². The van der Waals surface area contributed by atoms with E-state index in [2.05, 4.69) is 10.5 Å². The number of halogens is 2. The van der Waals surface area contributed by atoms with Gasteiger partial charge in [-0.1, -0.05) is 23.2 Å². The zero-order chi connectivity index (χ0) is 17.1. The molecule has 0 saturated carbocycles. The molecule has 0 unspecified atom stereocenters. The highest BCUT2D eigenvalue weighted by molar-refractivity contribution is 7.21. The molecule has 7 heteroatoms. The lowest BCUT2D eigenvalue weighted by atomic mass is 10.2. The third kappa shape index (κ3) is 3.53. The molecule has 0 bridgehead atoms. The van der Waals surface area contributed by atoms with Crippen molar-refractivity contribution < 1.29 is 9.53 Å². The Balaban J connectivity index is 1.75. The first-order chi connectivity index (χ1) is 11.6. The number of hydrogen-bond donors (Lipinski definition) is 1. The van der Waals surface area contributed by atoms with Crippen LogP contribution in [0.5, 0.6) is 5.75 Å². The molecule has 0 aliphatic carbocycles. The zero-order valence-electron chi connectivity index (χ0n) is 12.5. The maximum Gasteiger partial charge on any atom is 0.283 e. The molecule has 24 heavy (non-hydrogen) atoms. The maximum absolute atomic E-state index is 12.3. The fraction of sp³-hybridized carbons (Fsp3) is 0.0588. The van der Waals surface area contributed by atoms with Crippen LogP contribution >= 0.6 is 34.5 Å². The number of carbonyl (C=O) groups is 1. The lowest BCUT2D eigenvalue weighted by Crippen LogP contribution is -2.16. The number of fused-ring (bicyclic) bond motifs is 1. The number of hydrogen-bond acceptors (Lipinski definition) is 4. The Morgan fingerprint density at radius 3 is 2.67 bits per heavy atom. The Hall–Kier alpha value is -2.08. The average molecular weight is 379 g/mol. The number of nitrogens with zero attached hydrogens (tertiary/aromatic N) is 1. The molecule has 122 valence electrons. The molecule has 1 N–H and O–H groups in total. The van der Waals surface area contributed by atoms with Gasteiger partial charge in [-0.2, -0.15) is 5.10 Å². The summed E-state index contributed by atoms with van der Waals surface area (Å²) >= 11 is 13.5. The predicted molar refractivity (Wildman–Crippen MR) is 99.9 cm³/mol. The molecule has 1 amide bonds. The Labute approximate surface area is 152 Å². The zero-order valence-corrected chi connectivity index (χ0v) is 14.9. The van der Waals surface area contributed by atoms with Crippen LogP contribution in [0.3, 0.4) is 0 Å². The number of benzene rings is 2. The van der Waals surface area contributed by atoms with E-state index in [1.807, 2.05) is 30.3 Å². The molecule has 3 rings (SSSR count). The van der Waals surface area contributed by atoms with Gasteiger partial charge in [0.1, 0.15) is 10.6 Å². The number of nitrogens with one attached hydrogen (secondary N) is 1. The summed E-state index contributed by atoms with van der Waals surface area (Å²) in [6.45, 7) is 0. The Bertz CT molecular complexity index is 920. The van der Waals surface area contributed by atoms with E-state index in [0.717, 1.165) is 21.4 Å². The summed E-state index contributed by atoms with van der Waals surface area (Å²) in [5, 5.41) is 5.68. The van der Waals surface area contributed by atoms with Gasteiger partial charge in [0.15, 0.2) is 0 Å². The van der Waals surface area contributed by atoms with Crippen LogP contribution < -0.4 is 10.2 Å². The van der Waals surface area contributed by atoms with E-state index in [9.17, 15) is 4.79 Å². The van der Waals surface area contributed by atoms with Crippen LogP contribution in [-0.2, 0) is 0 Å². The molecule has 1 aromatic heterocycles. The summed E-state index contributed by atoms with van der Waals surface area (Å²) in [5.41, 5.74) is 3.32. The van der Waals surface area contributed by atoms with E-state index in [1.165, 1.54) is 11.3 Å². The fourth-order valence-electron chi connectivity index (χ4n) is 2.09. The second-order valence-corrected chi connectivity index (χ2v) is 6.72. The topological polar surface area (TPSA) is 50.7 Å². The first-order valence-electron chi connectivity index (χ1n) is 6.93. The summed E-state index contributed by atoms with van der Waals surface area (Å²) in [6.07, 6.45) is 1.55. The minimum Gasteiger partial charge on any atom is -0.497 e. The molecule has 0 radical (unpaired) electrons. The van der Waals surface area contributed by atoms with Gasteiger partial charge >= 0.3 is 0 Å². The smallest absolute Gasteiger partial charge is 0.283 e. The van der Waals surface area contributed by atoms with Gasteiger partial charge in [0, 0.05) is 15.1 Å². The van der Waals surface area contributed by atoms with Crippen molar-refractivity contribution in [2.45, 2.75) is 0 Å². The number of amides is 1. The molecule has 0 fully saturated rings. The van der Waals surface area contributed by atoms with Crippen LogP contribution in [0, 0.1) is 0 Å². The molecule has 0 atom stereocenters. The van der Waals surface area contributed by atoms with Crippen LogP contribution in [0.2, 0.25) is 10.0 Å². The number of methoxy groups -OCH3 is 1. The molecule has 0 aliphatic heterocycles. The van der Waals surface area contributed by atoms with E-state index >= 15 is 0 Å². The van der Waals surface area contributed by atoms with Gasteiger partial charge in [-0.3, -0.25) is 4.79 Å². The highest BCUT2D eigenvalue weighted by Crippen LogP contribution is 2.36. The van der Waals surface area contributed by atoms with Crippen molar-refractivity contribution in [2.75, 3.05) is 7.11 Å². The van der Waals surface area contributed by atoms with Crippen LogP contribution in [0.15, 0.2) is 47.6 Å². The fourth-order valence-corrected chi connectivity index (χ4v) is 3.64. The van der Waals surface area contributed by atoms with Gasteiger partial charge in [-0.25, -0.2) is 5.43 Å². The third-order valence-corrected chi connectivity index (χ3v) is 5.20. The highest BCUT2D eigenvalue weighted by Gasteiger charge is 2.16. The molecule has 4 nitrogen and oxygen atoms in total. The highest BCUT2D eigenvalue weighted by atomic mass is 35.5. The Kier molecular flexibility index (Phi) is 5.04. The predicted octanol–water partition coefficient (Wildman–Crippen LogP) is 4.98. The molecular formula is C17H12Cl2N2O2S. The van der Waals surface area contributed by atoms with Crippen LogP contribution in [0.1, 0.15) is 15.2 Å². The summed E-state index contributed by atoms with van der Waals surface area (Å²) in [7, 11) is 1.60. The van der Waals surface area contributed by atoms with Crippen molar-refractivity contribution in [3.8, 4) is 5.75 Å². The van der Waals surface area contributed by atoms with Crippen LogP contribution in [-0.4, -0.2) is 19.2 Å². The monoisotopic (exact) mass is 378 g/mol. The number of thiophene rings is 1. The first-order valence-corrected chi connectivity index (χ1v) is 8.51. The van der Waals surface area contributed by atoms with E-state index < -0.39 is 0 Å². The maximum atomic E-state index is 12.3. The SMILES string of the molecule is COc1ccc(/C=N/NC(=O)c2sc3ccc(Cl)cc3c2Cl)cc1. The first kappa shape index (κ1) is 16.8. The second-order valence-electron chi connectivity index (χ2n) is 4.86. The van der Waals surface area contributed by atoms with Crippen molar-refractivity contribution in [1.29, 1.82) is 0 Å². The number of rotatable bonds is 4. The Morgan fingerprint density at radius 2 is 1.96 bits per heavy atom. The molecule has 1 heterocycles. The van der Waals surface area contributed by atoms with Crippen molar-refractivity contribution in [1.82, 2.24) is 5.43 Å². The molecule has 0 spiro atoms. The van der Waals surface area contributed by atoms with Crippen molar-refractivity contribution in [2.24, 2.45) is 5.10 Å². The van der Waals surface area contributed by atoms with Gasteiger partial charge in [0.25, 0.3) is 5.91 Å². The summed E-state index contributed by atoms with van der Waals surface area (Å²) in [4.78, 5) is 12.7. The lowest BCUT2D eigenvalue weighted by Gasteiger charge is -1.99. The summed E-state index contributed by atoms with van der Waals surface area (Å²) in [5.74, 6) is 0.397. The minimum atomic E-state index is -0.359. The van der Waals surface area contributed by atoms with E-state index in [4.69, 9.17) is 27.9 Å². The van der Waals surface area contributed by atoms with Crippen LogP contribution in [0.4, 0.5) is 0 Å². The number of ether oxygens (including phenoxy) is 1. The van der Waals surface area contributed by atoms with E-state index in [-0.39, 0.29) is 5.91 Å². The van der Waals surface area contributed by atoms with E-state index in [0.29, 0.717) is 14.9 Å². The minimum absolute atomic E-state index is 0.359. The van der Waals surface area contributed by atoms with Crippen molar-refractivity contribution in [3.05, 3.63) is 63.0 Å². The summed E-state index contributed by atoms with van der Waals surface area (Å²) in [6, 6.07) is 12.6. The molecular weight excluding hydrogens is 367 g/mol. The third-order valence-electron chi connectivity index (χ3n) is 3.29. The molecule has 2 aromatic carbocycles. The lowest BCUT2D eigenvalue weighted by molar-refractivity contribution is 0.0959. The quantitative estimate of drug-likeness (QED) is 0.513. The van der Waals surface area contributed by atoms with Crippen LogP contribution in [0.25, 0.3) is 10.1 Å². The van der Waals surface area contributed by atoms with Gasteiger partial charge in [-0.05, 0) is 48.0 Å². The van der Waals surface area contributed by atoms with Crippen molar-refractivity contribution >= 4 is 56.7 Å². The van der Waals surface area contributed by atoms with Gasteiger partial charge in [0.2, 0.25) is 0 Å². The largest absolute Gasteiger partial charge is 0.497 e. The normalized spacial score (nSPS) is 11.1. The van der Waals surface area contributed by atoms with Crippen molar-refractivity contribution in [3.63, 3.8) is 0 Å². The van der Waals surface area contributed by atoms with E-state index in [1.54, 1.807) is 25.5 Å². The Morgan fingerprint density at radius 1 is 1.21 bits per heavy atom. The summed E-state index contributed by atoms with van der Waals surface area (Å²) < 4.78 is 5.98. The number of carbonyl (C=O) groups excluding carboxylic acids is 1. The standard InChI is InChI=1S/C17H12Cl2N2O2S/c1-23-12-5-2-10(3-6-12)9-20-21-17(22)16-15(19)13-8-11(18)4-7-14(13)24-16/h2-9H,1H3,(H,21,22)/b20-9+. The van der Waals surface area contributed by atoms with Gasteiger partial charge in [0.05, 0.1) is 18.3 Å². The molecule has 3 aromatic rings. The second kappa shape index (κ2) is 7.21. The average Bonchev–Trinajstić information content (AvgIpc) is 2.92. The molecule has 0 aliphatic rings. The molecule has 0 saturated heterocycles. The number of hydrazone groups is 1.